The van der Waals surface area contributed by atoms with Gasteiger partial charge in [-0.1, -0.05) is 48.5 Å². The SMILES string of the molecule is C=CCc1c(O[C@@H]2C[C@H](C)N(C(C)(C)C)C2)nc2ccccc2c1OCc1ccccc1. The Kier molecular flexibility index (Phi) is 6.52. The number of likely N-dealkylation sites (tertiary alicyclic amines) is 1. The van der Waals surface area contributed by atoms with Crippen molar-refractivity contribution >= 4 is 10.9 Å². The molecule has 32 heavy (non-hydrogen) atoms. The first-order valence-electron chi connectivity index (χ1n) is 11.5. The average Bonchev–Trinajstić information content (AvgIpc) is 3.15. The smallest absolute Gasteiger partial charge is 0.221 e. The monoisotopic (exact) mass is 430 g/mol. The Morgan fingerprint density at radius 2 is 1.81 bits per heavy atom. The summed E-state index contributed by atoms with van der Waals surface area (Å²) in [5, 5.41) is 1.00. The molecule has 0 unspecified atom stereocenters. The van der Waals surface area contributed by atoms with Crippen molar-refractivity contribution in [3.8, 4) is 11.6 Å². The number of pyridine rings is 1. The normalized spacial score (nSPS) is 19.2. The lowest BCUT2D eigenvalue weighted by atomic mass is 10.1. The molecule has 0 bridgehead atoms. The molecule has 0 N–H and O–H groups in total. The number of fused-ring (bicyclic) bond motifs is 1. The highest BCUT2D eigenvalue weighted by Crippen LogP contribution is 2.38. The lowest BCUT2D eigenvalue weighted by Crippen LogP contribution is -2.44. The van der Waals surface area contributed by atoms with E-state index in [-0.39, 0.29) is 11.6 Å². The maximum atomic E-state index is 6.58. The predicted octanol–water partition coefficient (Wildman–Crippen LogP) is 6.18. The van der Waals surface area contributed by atoms with Crippen LogP contribution in [0.5, 0.6) is 11.6 Å². The van der Waals surface area contributed by atoms with Crippen LogP contribution in [0, 0.1) is 0 Å². The molecule has 4 rings (SSSR count). The van der Waals surface area contributed by atoms with Gasteiger partial charge in [-0.15, -0.1) is 6.58 Å². The second-order valence-corrected chi connectivity index (χ2v) is 9.66. The van der Waals surface area contributed by atoms with Crippen LogP contribution in [0.3, 0.4) is 0 Å². The summed E-state index contributed by atoms with van der Waals surface area (Å²) in [4.78, 5) is 7.43. The Balaban J connectivity index is 1.69. The van der Waals surface area contributed by atoms with Gasteiger partial charge < -0.3 is 9.47 Å². The highest BCUT2D eigenvalue weighted by atomic mass is 16.5. The molecule has 2 heterocycles. The van der Waals surface area contributed by atoms with Crippen molar-refractivity contribution in [1.82, 2.24) is 9.88 Å². The molecule has 4 heteroatoms. The summed E-state index contributed by atoms with van der Waals surface area (Å²) >= 11 is 0. The Labute approximate surface area is 191 Å². The number of rotatable bonds is 7. The lowest BCUT2D eigenvalue weighted by Gasteiger charge is -2.35. The number of aromatic nitrogens is 1. The highest BCUT2D eigenvalue weighted by molar-refractivity contribution is 5.87. The fourth-order valence-corrected chi connectivity index (χ4v) is 4.68. The van der Waals surface area contributed by atoms with Crippen molar-refractivity contribution < 1.29 is 9.47 Å². The maximum Gasteiger partial charge on any atom is 0.221 e. The minimum Gasteiger partial charge on any atom is -0.488 e. The summed E-state index contributed by atoms with van der Waals surface area (Å²) in [6.45, 7) is 14.4. The van der Waals surface area contributed by atoms with Gasteiger partial charge in [0.2, 0.25) is 5.88 Å². The third-order valence-corrected chi connectivity index (χ3v) is 6.15. The van der Waals surface area contributed by atoms with Gasteiger partial charge in [-0.2, -0.15) is 0 Å². The van der Waals surface area contributed by atoms with Gasteiger partial charge in [-0.05, 0) is 51.8 Å². The van der Waals surface area contributed by atoms with E-state index in [9.17, 15) is 0 Å². The summed E-state index contributed by atoms with van der Waals surface area (Å²) in [5.41, 5.74) is 3.10. The largest absolute Gasteiger partial charge is 0.488 e. The Bertz CT molecular complexity index is 1070. The molecule has 0 amide bonds. The molecule has 1 aliphatic heterocycles. The zero-order chi connectivity index (χ0) is 22.7. The van der Waals surface area contributed by atoms with Crippen LogP contribution in [0.4, 0.5) is 0 Å². The van der Waals surface area contributed by atoms with Gasteiger partial charge >= 0.3 is 0 Å². The van der Waals surface area contributed by atoms with Gasteiger partial charge in [0.1, 0.15) is 18.5 Å². The minimum atomic E-state index is 0.100. The summed E-state index contributed by atoms with van der Waals surface area (Å²) in [7, 11) is 0. The molecule has 0 radical (unpaired) electrons. The van der Waals surface area contributed by atoms with Crippen molar-refractivity contribution in [3.05, 3.63) is 78.4 Å². The molecule has 1 saturated heterocycles. The molecule has 2 atom stereocenters. The number of nitrogens with zero attached hydrogens (tertiary/aromatic N) is 2. The third kappa shape index (κ3) is 4.81. The van der Waals surface area contributed by atoms with E-state index in [0.29, 0.717) is 24.9 Å². The molecule has 168 valence electrons. The van der Waals surface area contributed by atoms with E-state index in [1.807, 2.05) is 42.5 Å². The Hall–Kier alpha value is -2.85. The third-order valence-electron chi connectivity index (χ3n) is 6.15. The van der Waals surface area contributed by atoms with Crippen molar-refractivity contribution in [2.24, 2.45) is 0 Å². The van der Waals surface area contributed by atoms with Crippen LogP contribution in [-0.2, 0) is 13.0 Å². The number of allylic oxidation sites excluding steroid dienone is 1. The zero-order valence-electron chi connectivity index (χ0n) is 19.7. The van der Waals surface area contributed by atoms with Crippen LogP contribution in [-0.4, -0.2) is 34.1 Å². The number of ether oxygens (including phenoxy) is 2. The maximum absolute atomic E-state index is 6.58. The van der Waals surface area contributed by atoms with Gasteiger partial charge in [0.15, 0.2) is 0 Å². The number of hydrogen-bond acceptors (Lipinski definition) is 4. The van der Waals surface area contributed by atoms with E-state index in [2.05, 4.69) is 57.4 Å². The van der Waals surface area contributed by atoms with Crippen LogP contribution >= 0.6 is 0 Å². The first kappa shape index (κ1) is 22.3. The first-order valence-corrected chi connectivity index (χ1v) is 11.5. The summed E-state index contributed by atoms with van der Waals surface area (Å²) in [6, 6.07) is 18.8. The average molecular weight is 431 g/mol. The van der Waals surface area contributed by atoms with Gasteiger partial charge in [0.05, 0.1) is 11.1 Å². The van der Waals surface area contributed by atoms with Crippen LogP contribution in [0.2, 0.25) is 0 Å². The van der Waals surface area contributed by atoms with Crippen LogP contribution in [0.25, 0.3) is 10.9 Å². The van der Waals surface area contributed by atoms with E-state index >= 15 is 0 Å². The summed E-state index contributed by atoms with van der Waals surface area (Å²) < 4.78 is 13.0. The Morgan fingerprint density at radius 1 is 1.09 bits per heavy atom. The van der Waals surface area contributed by atoms with E-state index < -0.39 is 0 Å². The van der Waals surface area contributed by atoms with Crippen molar-refractivity contribution in [2.45, 2.75) is 64.8 Å². The second kappa shape index (κ2) is 9.33. The molecule has 2 aromatic carbocycles. The molecular weight excluding hydrogens is 396 g/mol. The van der Waals surface area contributed by atoms with Crippen molar-refractivity contribution in [2.75, 3.05) is 6.54 Å². The highest BCUT2D eigenvalue weighted by Gasteiger charge is 2.37. The quantitative estimate of drug-likeness (QED) is 0.419. The Morgan fingerprint density at radius 3 is 2.50 bits per heavy atom. The van der Waals surface area contributed by atoms with E-state index in [4.69, 9.17) is 14.5 Å². The van der Waals surface area contributed by atoms with E-state index in [1.54, 1.807) is 0 Å². The van der Waals surface area contributed by atoms with E-state index in [1.165, 1.54) is 0 Å². The first-order chi connectivity index (χ1) is 15.4. The second-order valence-electron chi connectivity index (χ2n) is 9.66. The fourth-order valence-electron chi connectivity index (χ4n) is 4.68. The van der Waals surface area contributed by atoms with Crippen LogP contribution < -0.4 is 9.47 Å². The minimum absolute atomic E-state index is 0.100. The van der Waals surface area contributed by atoms with Crippen molar-refractivity contribution in [3.63, 3.8) is 0 Å². The van der Waals surface area contributed by atoms with Gasteiger partial charge in [0.25, 0.3) is 0 Å². The van der Waals surface area contributed by atoms with Crippen molar-refractivity contribution in [1.29, 1.82) is 0 Å². The molecule has 1 fully saturated rings. The summed E-state index contributed by atoms with van der Waals surface area (Å²) in [5.74, 6) is 1.51. The predicted molar refractivity (Wildman–Crippen MR) is 131 cm³/mol. The van der Waals surface area contributed by atoms with E-state index in [0.717, 1.165) is 40.7 Å². The standard InChI is InChI=1S/C28H34N2O2/c1-6-12-24-26(31-19-21-13-8-7-9-14-21)23-15-10-11-16-25(23)29-27(24)32-22-17-20(2)30(18-22)28(3,4)5/h6-11,13-16,20,22H,1,12,17-19H2,2-5H3/t20-,22+/m0/s1. The van der Waals surface area contributed by atoms with Crippen LogP contribution in [0.15, 0.2) is 67.3 Å². The molecule has 0 saturated carbocycles. The zero-order valence-corrected chi connectivity index (χ0v) is 19.7. The molecule has 4 nitrogen and oxygen atoms in total. The van der Waals surface area contributed by atoms with Gasteiger partial charge in [-0.25, -0.2) is 4.98 Å². The molecule has 0 aliphatic carbocycles. The molecule has 3 aromatic rings. The number of hydrogen-bond donors (Lipinski definition) is 0. The molecule has 1 aromatic heterocycles. The molecule has 1 aliphatic rings. The molecule has 0 spiro atoms. The summed E-state index contributed by atoms with van der Waals surface area (Å²) in [6.07, 6.45) is 3.62. The topological polar surface area (TPSA) is 34.6 Å². The lowest BCUT2D eigenvalue weighted by molar-refractivity contribution is 0.114. The van der Waals surface area contributed by atoms with Gasteiger partial charge in [0, 0.05) is 29.9 Å². The van der Waals surface area contributed by atoms with Crippen LogP contribution in [0.1, 0.15) is 45.2 Å². The van der Waals surface area contributed by atoms with Gasteiger partial charge in [-0.3, -0.25) is 4.90 Å². The fraction of sp³-hybridized carbons (Fsp3) is 0.393. The number of para-hydroxylation sites is 1. The molecular formula is C28H34N2O2. The number of benzene rings is 2.